The molecule has 6 nitrogen and oxygen atoms in total. The van der Waals surface area contributed by atoms with Crippen LogP contribution in [0.25, 0.3) is 10.4 Å². The lowest BCUT2D eigenvalue weighted by Gasteiger charge is -2.30. The van der Waals surface area contributed by atoms with E-state index in [-0.39, 0.29) is 29.9 Å². The highest BCUT2D eigenvalue weighted by atomic mass is 32.1. The molecule has 0 radical (unpaired) electrons. The highest BCUT2D eigenvalue weighted by Crippen LogP contribution is 2.44. The van der Waals surface area contributed by atoms with Gasteiger partial charge in [-0.2, -0.15) is 5.26 Å². The zero-order valence-electron chi connectivity index (χ0n) is 18.5. The topological polar surface area (TPSA) is 83.3 Å². The van der Waals surface area contributed by atoms with E-state index in [1.807, 2.05) is 36.1 Å². The van der Waals surface area contributed by atoms with Gasteiger partial charge in [-0.1, -0.05) is 25.0 Å². The van der Waals surface area contributed by atoms with Gasteiger partial charge in [-0.15, -0.1) is 11.3 Å². The summed E-state index contributed by atoms with van der Waals surface area (Å²) in [5, 5.41) is 9.87. The van der Waals surface area contributed by atoms with Gasteiger partial charge >= 0.3 is 0 Å². The number of Topliss-reactive ketones (excluding diaryl/α,β-unsaturated/α-hetero) is 1. The summed E-state index contributed by atoms with van der Waals surface area (Å²) in [6.45, 7) is 4.43. The molecule has 2 aromatic rings. The van der Waals surface area contributed by atoms with Crippen LogP contribution in [0.15, 0.2) is 24.3 Å². The maximum Gasteiger partial charge on any atom is 0.254 e. The van der Waals surface area contributed by atoms with Crippen LogP contribution in [0.1, 0.15) is 65.5 Å². The van der Waals surface area contributed by atoms with E-state index in [2.05, 4.69) is 6.07 Å². The Balaban J connectivity index is 1.58. The van der Waals surface area contributed by atoms with Crippen LogP contribution >= 0.6 is 11.3 Å². The summed E-state index contributed by atoms with van der Waals surface area (Å²) < 4.78 is 5.34. The lowest BCUT2D eigenvalue weighted by molar-refractivity contribution is -0.124. The van der Waals surface area contributed by atoms with Crippen molar-refractivity contribution in [1.29, 1.82) is 5.26 Å². The first-order valence-electron chi connectivity index (χ1n) is 11.4. The number of thiazole rings is 1. The lowest BCUT2D eigenvalue weighted by atomic mass is 9.74. The molecule has 1 amide bonds. The molecule has 1 aromatic heterocycles. The molecule has 2 aliphatic rings. The number of hydrogen-bond donors (Lipinski definition) is 0. The second-order valence-electron chi connectivity index (χ2n) is 8.55. The average Bonchev–Trinajstić information content (AvgIpc) is 3.24. The molecule has 32 heavy (non-hydrogen) atoms. The molecule has 0 spiro atoms. The molecule has 1 aromatic carbocycles. The molecule has 2 unspecified atom stereocenters. The third-order valence-electron chi connectivity index (χ3n) is 6.47. The number of benzene rings is 1. The van der Waals surface area contributed by atoms with Crippen LogP contribution < -0.4 is 0 Å². The van der Waals surface area contributed by atoms with Crippen molar-refractivity contribution in [3.8, 4) is 16.5 Å². The maximum absolute atomic E-state index is 12.8. The van der Waals surface area contributed by atoms with Gasteiger partial charge in [-0.3, -0.25) is 9.59 Å². The molecule has 2 atom stereocenters. The number of carbonyl (C=O) groups excluding carboxylic acids is 2. The average molecular weight is 452 g/mol. The van der Waals surface area contributed by atoms with Gasteiger partial charge in [0.2, 0.25) is 0 Å². The van der Waals surface area contributed by atoms with Gasteiger partial charge in [0.05, 0.1) is 34.9 Å². The fourth-order valence-electron chi connectivity index (χ4n) is 4.82. The second kappa shape index (κ2) is 10.4. The smallest absolute Gasteiger partial charge is 0.254 e. The molecular formula is C25H29N3O3S. The Morgan fingerprint density at radius 3 is 2.62 bits per heavy atom. The number of nitrogens with zero attached hydrogens (tertiary/aromatic N) is 3. The number of ether oxygens (including phenoxy) is 1. The number of ketones is 1. The van der Waals surface area contributed by atoms with Crippen LogP contribution in [0.3, 0.4) is 0 Å². The molecule has 7 heteroatoms. The summed E-state index contributed by atoms with van der Waals surface area (Å²) in [6.07, 6.45) is 4.58. The zero-order chi connectivity index (χ0) is 22.5. The molecular weight excluding hydrogens is 422 g/mol. The third kappa shape index (κ3) is 4.92. The van der Waals surface area contributed by atoms with Gasteiger partial charge in [0.1, 0.15) is 5.78 Å². The number of amides is 1. The first-order valence-corrected chi connectivity index (χ1v) is 12.2. The van der Waals surface area contributed by atoms with Crippen molar-refractivity contribution >= 4 is 23.0 Å². The van der Waals surface area contributed by atoms with Crippen molar-refractivity contribution in [3.05, 3.63) is 40.5 Å². The molecule has 0 bridgehead atoms. The predicted octanol–water partition coefficient (Wildman–Crippen LogP) is 4.74. The third-order valence-corrected chi connectivity index (χ3v) is 7.50. The molecule has 1 aliphatic carbocycles. The number of aromatic nitrogens is 1. The van der Waals surface area contributed by atoms with Gasteiger partial charge in [0.15, 0.2) is 0 Å². The molecule has 1 aliphatic heterocycles. The molecule has 168 valence electrons. The van der Waals surface area contributed by atoms with Gasteiger partial charge in [0, 0.05) is 43.3 Å². The molecule has 2 heterocycles. The molecule has 0 N–H and O–H groups in total. The lowest BCUT2D eigenvalue weighted by Crippen LogP contribution is -2.40. The minimum absolute atomic E-state index is 0.0380. The Morgan fingerprint density at radius 2 is 1.91 bits per heavy atom. The summed E-state index contributed by atoms with van der Waals surface area (Å²) in [6, 6.07) is 9.88. The number of morpholine rings is 1. The number of nitriles is 1. The zero-order valence-corrected chi connectivity index (χ0v) is 19.3. The van der Waals surface area contributed by atoms with E-state index in [0.29, 0.717) is 38.3 Å². The predicted molar refractivity (Wildman–Crippen MR) is 124 cm³/mol. The Bertz CT molecular complexity index is 1000. The fraction of sp³-hybridized carbons (Fsp3) is 0.520. The summed E-state index contributed by atoms with van der Waals surface area (Å²) in [7, 11) is 0. The van der Waals surface area contributed by atoms with Crippen molar-refractivity contribution in [2.45, 2.75) is 51.4 Å². The molecule has 1 saturated heterocycles. The van der Waals surface area contributed by atoms with E-state index in [4.69, 9.17) is 15.0 Å². The Labute approximate surface area is 193 Å². The summed E-state index contributed by atoms with van der Waals surface area (Å²) in [5.74, 6) is 0.277. The Morgan fingerprint density at radius 1 is 1.19 bits per heavy atom. The molecule has 2 fully saturated rings. The highest BCUT2D eigenvalue weighted by Gasteiger charge is 2.34. The second-order valence-corrected chi connectivity index (χ2v) is 9.75. The monoisotopic (exact) mass is 451 g/mol. The quantitative estimate of drug-likeness (QED) is 0.634. The summed E-state index contributed by atoms with van der Waals surface area (Å²) in [5.41, 5.74) is 2.73. The SMILES string of the molecule is Cc1nc(C2CCCCC2C(=O)CCC#N)c(-c2ccc(C(=O)N3CCOCC3)cc2)s1. The van der Waals surface area contributed by atoms with Crippen LogP contribution in [0.2, 0.25) is 0 Å². The van der Waals surface area contributed by atoms with Gasteiger partial charge in [-0.25, -0.2) is 4.98 Å². The maximum atomic E-state index is 12.8. The minimum Gasteiger partial charge on any atom is -0.378 e. The number of hydrogen-bond acceptors (Lipinski definition) is 6. The normalized spacial score (nSPS) is 21.2. The van der Waals surface area contributed by atoms with Crippen molar-refractivity contribution in [2.75, 3.05) is 26.3 Å². The largest absolute Gasteiger partial charge is 0.378 e. The summed E-state index contributed by atoms with van der Waals surface area (Å²) in [4.78, 5) is 33.4. The fourth-order valence-corrected chi connectivity index (χ4v) is 5.82. The van der Waals surface area contributed by atoms with E-state index in [1.165, 1.54) is 0 Å². The van der Waals surface area contributed by atoms with Gasteiger partial charge < -0.3 is 9.64 Å². The number of rotatable bonds is 6. The highest BCUT2D eigenvalue weighted by molar-refractivity contribution is 7.15. The van der Waals surface area contributed by atoms with E-state index in [9.17, 15) is 9.59 Å². The first-order chi connectivity index (χ1) is 15.6. The van der Waals surface area contributed by atoms with Crippen LogP contribution in [0.4, 0.5) is 0 Å². The van der Waals surface area contributed by atoms with E-state index >= 15 is 0 Å². The van der Waals surface area contributed by atoms with Gasteiger partial charge in [-0.05, 0) is 37.5 Å². The van der Waals surface area contributed by atoms with Crippen LogP contribution in [-0.2, 0) is 9.53 Å². The number of aryl methyl sites for hydroxylation is 1. The van der Waals surface area contributed by atoms with Crippen LogP contribution in [0, 0.1) is 24.2 Å². The van der Waals surface area contributed by atoms with E-state index in [0.717, 1.165) is 46.8 Å². The van der Waals surface area contributed by atoms with Gasteiger partial charge in [0.25, 0.3) is 5.91 Å². The van der Waals surface area contributed by atoms with Crippen molar-refractivity contribution in [1.82, 2.24) is 9.88 Å². The number of carbonyl (C=O) groups is 2. The van der Waals surface area contributed by atoms with E-state index < -0.39 is 0 Å². The van der Waals surface area contributed by atoms with Crippen molar-refractivity contribution < 1.29 is 14.3 Å². The van der Waals surface area contributed by atoms with Crippen molar-refractivity contribution in [2.24, 2.45) is 5.92 Å². The molecule has 1 saturated carbocycles. The van der Waals surface area contributed by atoms with Crippen LogP contribution in [0.5, 0.6) is 0 Å². The Hall–Kier alpha value is -2.56. The minimum atomic E-state index is -0.0560. The molecule has 4 rings (SSSR count). The Kier molecular flexibility index (Phi) is 7.33. The summed E-state index contributed by atoms with van der Waals surface area (Å²) >= 11 is 1.65. The van der Waals surface area contributed by atoms with E-state index in [1.54, 1.807) is 11.3 Å². The first kappa shape index (κ1) is 22.6. The standard InChI is InChI=1S/C25H29N3O3S/c1-17-27-23(21-6-3-2-5-20(21)22(29)7-4-12-26)24(32-17)18-8-10-19(11-9-18)25(30)28-13-15-31-16-14-28/h8-11,20-21H,2-7,13-16H2,1H3. The van der Waals surface area contributed by atoms with Crippen LogP contribution in [-0.4, -0.2) is 47.9 Å². The van der Waals surface area contributed by atoms with Crippen molar-refractivity contribution in [3.63, 3.8) is 0 Å².